The third kappa shape index (κ3) is 5.67. The number of carbonyl (C=O) groups is 2. The normalized spacial score (nSPS) is 11.6. The van der Waals surface area contributed by atoms with E-state index in [0.29, 0.717) is 5.69 Å². The Morgan fingerprint density at radius 2 is 1.69 bits per heavy atom. The van der Waals surface area contributed by atoms with Gasteiger partial charge in [-0.2, -0.15) is 0 Å². The number of hydrogen-bond acceptors (Lipinski definition) is 4. The van der Waals surface area contributed by atoms with Gasteiger partial charge in [-0.25, -0.2) is 4.39 Å². The average Bonchev–Trinajstić information content (AvgIpc) is 2.81. The van der Waals surface area contributed by atoms with Crippen molar-refractivity contribution < 1.29 is 14.0 Å². The van der Waals surface area contributed by atoms with Crippen LogP contribution in [-0.2, 0) is 22.7 Å². The molecule has 166 valence electrons. The Kier molecular flexibility index (Phi) is 7.51. The lowest BCUT2D eigenvalue weighted by Crippen LogP contribution is -2.38. The van der Waals surface area contributed by atoms with Crippen LogP contribution in [0.3, 0.4) is 0 Å². The van der Waals surface area contributed by atoms with Gasteiger partial charge in [0.05, 0.1) is 11.7 Å². The number of aromatic nitrogens is 1. The predicted octanol–water partition coefficient (Wildman–Crippen LogP) is 2.52. The van der Waals surface area contributed by atoms with E-state index in [1.165, 1.54) is 22.8 Å². The molecule has 1 atom stereocenters. The van der Waals surface area contributed by atoms with Gasteiger partial charge in [0, 0.05) is 6.54 Å². The molecule has 1 aromatic heterocycles. The zero-order chi connectivity index (χ0) is 23.1. The SMILES string of the molecule is CNC(C)C(=O)Nc1ccc(-c2ccccc2)n(CC(=O)NCc2ccc(F)cc2)c1=O. The molecule has 0 spiro atoms. The van der Waals surface area contributed by atoms with Crippen molar-refractivity contribution in [2.75, 3.05) is 12.4 Å². The van der Waals surface area contributed by atoms with Gasteiger partial charge in [0.2, 0.25) is 11.8 Å². The third-order valence-electron chi connectivity index (χ3n) is 5.03. The van der Waals surface area contributed by atoms with Crippen LogP contribution in [0.1, 0.15) is 12.5 Å². The molecule has 32 heavy (non-hydrogen) atoms. The molecule has 3 N–H and O–H groups in total. The number of rotatable bonds is 8. The molecule has 2 amide bonds. The summed E-state index contributed by atoms with van der Waals surface area (Å²) < 4.78 is 14.4. The molecule has 0 aliphatic rings. The van der Waals surface area contributed by atoms with E-state index in [9.17, 15) is 18.8 Å². The van der Waals surface area contributed by atoms with Crippen LogP contribution in [0.5, 0.6) is 0 Å². The summed E-state index contributed by atoms with van der Waals surface area (Å²) in [7, 11) is 1.65. The van der Waals surface area contributed by atoms with Gasteiger partial charge in [-0.1, -0.05) is 42.5 Å². The number of likely N-dealkylation sites (N-methyl/N-ethyl adjacent to an activating group) is 1. The van der Waals surface area contributed by atoms with Crippen LogP contribution in [0.15, 0.2) is 71.5 Å². The Balaban J connectivity index is 1.87. The minimum atomic E-state index is -0.490. The molecule has 0 saturated carbocycles. The average molecular weight is 436 g/mol. The van der Waals surface area contributed by atoms with Gasteiger partial charge in [-0.3, -0.25) is 19.0 Å². The molecule has 0 aliphatic heterocycles. The fourth-order valence-electron chi connectivity index (χ4n) is 3.07. The zero-order valence-corrected chi connectivity index (χ0v) is 17.9. The highest BCUT2D eigenvalue weighted by Gasteiger charge is 2.17. The second-order valence-electron chi connectivity index (χ2n) is 7.29. The first kappa shape index (κ1) is 22.9. The van der Waals surface area contributed by atoms with Crippen molar-refractivity contribution in [3.8, 4) is 11.3 Å². The van der Waals surface area contributed by atoms with E-state index in [0.717, 1.165) is 11.1 Å². The lowest BCUT2D eigenvalue weighted by Gasteiger charge is -2.16. The lowest BCUT2D eigenvalue weighted by molar-refractivity contribution is -0.121. The molecule has 0 bridgehead atoms. The van der Waals surface area contributed by atoms with Gasteiger partial charge in [0.1, 0.15) is 18.0 Å². The van der Waals surface area contributed by atoms with Gasteiger partial charge in [-0.15, -0.1) is 0 Å². The highest BCUT2D eigenvalue weighted by molar-refractivity contribution is 5.94. The molecule has 0 radical (unpaired) electrons. The minimum Gasteiger partial charge on any atom is -0.350 e. The molecule has 8 heteroatoms. The van der Waals surface area contributed by atoms with Crippen molar-refractivity contribution in [2.24, 2.45) is 0 Å². The molecule has 0 aliphatic carbocycles. The third-order valence-corrected chi connectivity index (χ3v) is 5.03. The van der Waals surface area contributed by atoms with E-state index < -0.39 is 11.6 Å². The van der Waals surface area contributed by atoms with Gasteiger partial charge < -0.3 is 16.0 Å². The summed E-state index contributed by atoms with van der Waals surface area (Å²) in [6, 6.07) is 17.7. The zero-order valence-electron chi connectivity index (χ0n) is 17.9. The second kappa shape index (κ2) is 10.5. The van der Waals surface area contributed by atoms with Crippen LogP contribution in [-0.4, -0.2) is 29.5 Å². The molecule has 0 fully saturated rings. The van der Waals surface area contributed by atoms with Crippen molar-refractivity contribution in [3.05, 3.63) is 88.5 Å². The van der Waals surface area contributed by atoms with Crippen molar-refractivity contribution in [1.82, 2.24) is 15.2 Å². The highest BCUT2D eigenvalue weighted by Crippen LogP contribution is 2.19. The van der Waals surface area contributed by atoms with Gasteiger partial charge >= 0.3 is 0 Å². The van der Waals surface area contributed by atoms with Crippen LogP contribution in [0.4, 0.5) is 10.1 Å². The van der Waals surface area contributed by atoms with Crippen molar-refractivity contribution in [1.29, 1.82) is 0 Å². The number of anilines is 1. The van der Waals surface area contributed by atoms with E-state index in [1.807, 2.05) is 30.3 Å². The Hall–Kier alpha value is -3.78. The molecule has 1 heterocycles. The Morgan fingerprint density at radius 3 is 2.34 bits per heavy atom. The smallest absolute Gasteiger partial charge is 0.275 e. The molecular weight excluding hydrogens is 411 g/mol. The molecule has 3 aromatic rings. The number of halogens is 1. The summed E-state index contributed by atoms with van der Waals surface area (Å²) in [5.74, 6) is -1.10. The van der Waals surface area contributed by atoms with Crippen molar-refractivity contribution >= 4 is 17.5 Å². The van der Waals surface area contributed by atoms with E-state index in [2.05, 4.69) is 16.0 Å². The molecular formula is C24H25FN4O3. The number of amides is 2. The molecule has 1 unspecified atom stereocenters. The standard InChI is InChI=1S/C24H25FN4O3/c1-16(26-2)23(31)28-20-12-13-21(18-6-4-3-5-7-18)29(24(20)32)15-22(30)27-14-17-8-10-19(25)11-9-17/h3-13,16,26H,14-15H2,1-2H3,(H,27,30)(H,28,31). The fourth-order valence-corrected chi connectivity index (χ4v) is 3.07. The van der Waals surface area contributed by atoms with Crippen LogP contribution >= 0.6 is 0 Å². The summed E-state index contributed by atoms with van der Waals surface area (Å²) in [5.41, 5.74) is 1.64. The summed E-state index contributed by atoms with van der Waals surface area (Å²) >= 11 is 0. The first-order valence-electron chi connectivity index (χ1n) is 10.2. The monoisotopic (exact) mass is 436 g/mol. The summed E-state index contributed by atoms with van der Waals surface area (Å²) in [6.07, 6.45) is 0. The van der Waals surface area contributed by atoms with Crippen LogP contribution in [0.25, 0.3) is 11.3 Å². The van der Waals surface area contributed by atoms with Crippen LogP contribution < -0.4 is 21.5 Å². The number of pyridine rings is 1. The number of benzene rings is 2. The number of nitrogens with one attached hydrogen (secondary N) is 3. The quantitative estimate of drug-likeness (QED) is 0.506. The van der Waals surface area contributed by atoms with Crippen molar-refractivity contribution in [2.45, 2.75) is 26.1 Å². The maximum atomic E-state index is 13.2. The summed E-state index contributed by atoms with van der Waals surface area (Å²) in [4.78, 5) is 38.0. The van der Waals surface area contributed by atoms with Crippen LogP contribution in [0.2, 0.25) is 0 Å². The topological polar surface area (TPSA) is 92.2 Å². The summed E-state index contributed by atoms with van der Waals surface area (Å²) in [6.45, 7) is 1.63. The lowest BCUT2D eigenvalue weighted by atomic mass is 10.1. The maximum Gasteiger partial charge on any atom is 0.275 e. The first-order valence-corrected chi connectivity index (χ1v) is 10.2. The Morgan fingerprint density at radius 1 is 1.00 bits per heavy atom. The second-order valence-corrected chi connectivity index (χ2v) is 7.29. The minimum absolute atomic E-state index is 0.0862. The van der Waals surface area contributed by atoms with Crippen molar-refractivity contribution in [3.63, 3.8) is 0 Å². The number of carbonyl (C=O) groups excluding carboxylic acids is 2. The largest absolute Gasteiger partial charge is 0.350 e. The fraction of sp³-hybridized carbons (Fsp3) is 0.208. The highest BCUT2D eigenvalue weighted by atomic mass is 19.1. The Bertz CT molecular complexity index is 1140. The van der Waals surface area contributed by atoms with E-state index in [1.54, 1.807) is 32.2 Å². The van der Waals surface area contributed by atoms with Gasteiger partial charge in [-0.05, 0) is 49.4 Å². The van der Waals surface area contributed by atoms with Crippen LogP contribution in [0, 0.1) is 5.82 Å². The Labute approximate surface area is 185 Å². The molecule has 3 rings (SSSR count). The van der Waals surface area contributed by atoms with E-state index in [-0.39, 0.29) is 36.4 Å². The van der Waals surface area contributed by atoms with Gasteiger partial charge in [0.15, 0.2) is 0 Å². The first-order chi connectivity index (χ1) is 15.4. The number of nitrogens with zero attached hydrogens (tertiary/aromatic N) is 1. The summed E-state index contributed by atoms with van der Waals surface area (Å²) in [5, 5.41) is 8.17. The molecule has 2 aromatic carbocycles. The van der Waals surface area contributed by atoms with E-state index >= 15 is 0 Å². The number of hydrogen-bond donors (Lipinski definition) is 3. The van der Waals surface area contributed by atoms with Gasteiger partial charge in [0.25, 0.3) is 5.56 Å². The molecule has 0 saturated heterocycles. The maximum absolute atomic E-state index is 13.2. The predicted molar refractivity (Wildman–Crippen MR) is 122 cm³/mol. The molecule has 7 nitrogen and oxygen atoms in total. The van der Waals surface area contributed by atoms with E-state index in [4.69, 9.17) is 0 Å².